The first-order valence-corrected chi connectivity index (χ1v) is 6.82. The van der Waals surface area contributed by atoms with E-state index >= 15 is 0 Å². The standard InChI is InChI=1S/C15H22N2O3/c1-12-6-5-7-13(10-12)11-20-14(18)8-3-2-4-9-17-15(16)19/h5-7,10H,2-4,8-9,11H2,1H3,(H3,16,17,19). The van der Waals surface area contributed by atoms with Crippen LogP contribution in [0.1, 0.15) is 36.8 Å². The van der Waals surface area contributed by atoms with Crippen molar-refractivity contribution >= 4 is 12.0 Å². The number of hydrogen-bond acceptors (Lipinski definition) is 3. The smallest absolute Gasteiger partial charge is 0.312 e. The third-order valence-electron chi connectivity index (χ3n) is 2.84. The highest BCUT2D eigenvalue weighted by molar-refractivity contribution is 5.71. The van der Waals surface area contributed by atoms with Crippen LogP contribution in [0.25, 0.3) is 0 Å². The molecule has 0 saturated heterocycles. The fourth-order valence-electron chi connectivity index (χ4n) is 1.82. The van der Waals surface area contributed by atoms with Crippen molar-refractivity contribution in [3.63, 3.8) is 0 Å². The summed E-state index contributed by atoms with van der Waals surface area (Å²) < 4.78 is 5.20. The third kappa shape index (κ3) is 7.41. The van der Waals surface area contributed by atoms with Gasteiger partial charge in [0.2, 0.25) is 0 Å². The molecule has 0 aliphatic heterocycles. The molecule has 1 aromatic rings. The second kappa shape index (κ2) is 8.96. The zero-order chi connectivity index (χ0) is 14.8. The Balaban J connectivity index is 2.07. The lowest BCUT2D eigenvalue weighted by Crippen LogP contribution is -2.29. The van der Waals surface area contributed by atoms with Gasteiger partial charge < -0.3 is 15.8 Å². The summed E-state index contributed by atoms with van der Waals surface area (Å²) in [4.78, 5) is 22.0. The van der Waals surface area contributed by atoms with E-state index in [1.54, 1.807) is 0 Å². The van der Waals surface area contributed by atoms with Crippen LogP contribution < -0.4 is 11.1 Å². The Hall–Kier alpha value is -2.04. The van der Waals surface area contributed by atoms with Crippen LogP contribution in [0, 0.1) is 6.92 Å². The number of unbranched alkanes of at least 4 members (excludes halogenated alkanes) is 2. The predicted molar refractivity (Wildman–Crippen MR) is 77.0 cm³/mol. The Morgan fingerprint density at radius 3 is 2.75 bits per heavy atom. The first kappa shape index (κ1) is 16.0. The number of aryl methyl sites for hydroxylation is 1. The second-order valence-electron chi connectivity index (χ2n) is 4.75. The van der Waals surface area contributed by atoms with E-state index in [0.29, 0.717) is 19.6 Å². The minimum Gasteiger partial charge on any atom is -0.461 e. The van der Waals surface area contributed by atoms with Crippen molar-refractivity contribution in [2.24, 2.45) is 5.73 Å². The Bertz CT molecular complexity index is 446. The van der Waals surface area contributed by atoms with Gasteiger partial charge in [0.05, 0.1) is 0 Å². The van der Waals surface area contributed by atoms with Crippen LogP contribution in [0.3, 0.4) is 0 Å². The van der Waals surface area contributed by atoms with Crippen LogP contribution in [0.4, 0.5) is 4.79 Å². The molecule has 0 radical (unpaired) electrons. The molecule has 2 amide bonds. The summed E-state index contributed by atoms with van der Waals surface area (Å²) in [6.45, 7) is 2.88. The van der Waals surface area contributed by atoms with Gasteiger partial charge in [-0.05, 0) is 25.3 Å². The summed E-state index contributed by atoms with van der Waals surface area (Å²) in [5, 5.41) is 2.51. The number of nitrogens with one attached hydrogen (secondary N) is 1. The number of ether oxygens (including phenoxy) is 1. The molecule has 0 spiro atoms. The molecular formula is C15H22N2O3. The van der Waals surface area contributed by atoms with E-state index in [1.807, 2.05) is 31.2 Å². The van der Waals surface area contributed by atoms with Gasteiger partial charge in [0.15, 0.2) is 0 Å². The molecular weight excluding hydrogens is 256 g/mol. The highest BCUT2D eigenvalue weighted by Crippen LogP contribution is 2.07. The van der Waals surface area contributed by atoms with Crippen LogP contribution in [-0.4, -0.2) is 18.5 Å². The molecule has 0 aliphatic carbocycles. The van der Waals surface area contributed by atoms with Gasteiger partial charge >= 0.3 is 12.0 Å². The quantitative estimate of drug-likeness (QED) is 0.565. The molecule has 110 valence electrons. The Morgan fingerprint density at radius 2 is 2.05 bits per heavy atom. The van der Waals surface area contributed by atoms with Crippen LogP contribution in [0.2, 0.25) is 0 Å². The summed E-state index contributed by atoms with van der Waals surface area (Å²) >= 11 is 0. The maximum Gasteiger partial charge on any atom is 0.312 e. The maximum atomic E-state index is 11.5. The number of nitrogens with two attached hydrogens (primary N) is 1. The van der Waals surface area contributed by atoms with Gasteiger partial charge in [-0.2, -0.15) is 0 Å². The SMILES string of the molecule is Cc1cccc(COC(=O)CCCCCNC(N)=O)c1. The Kier molecular flexibility index (Phi) is 7.17. The number of benzene rings is 1. The zero-order valence-corrected chi connectivity index (χ0v) is 11.9. The summed E-state index contributed by atoms with van der Waals surface area (Å²) in [5.74, 6) is -0.186. The molecule has 1 aromatic carbocycles. The number of rotatable bonds is 8. The van der Waals surface area contributed by atoms with Crippen molar-refractivity contribution in [2.45, 2.75) is 39.2 Å². The lowest BCUT2D eigenvalue weighted by atomic mass is 10.1. The first-order chi connectivity index (χ1) is 9.58. The largest absolute Gasteiger partial charge is 0.461 e. The average Bonchev–Trinajstić information content (AvgIpc) is 2.40. The predicted octanol–water partition coefficient (Wildman–Crippen LogP) is 2.27. The molecule has 5 nitrogen and oxygen atoms in total. The molecule has 0 aromatic heterocycles. The number of hydrogen-bond donors (Lipinski definition) is 2. The molecule has 0 heterocycles. The molecule has 0 atom stereocenters. The van der Waals surface area contributed by atoms with Crippen molar-refractivity contribution in [1.29, 1.82) is 0 Å². The van der Waals surface area contributed by atoms with Gasteiger partial charge in [0.1, 0.15) is 6.61 Å². The molecule has 0 saturated carbocycles. The fourth-order valence-corrected chi connectivity index (χ4v) is 1.82. The Morgan fingerprint density at radius 1 is 1.25 bits per heavy atom. The van der Waals surface area contributed by atoms with E-state index in [4.69, 9.17) is 10.5 Å². The molecule has 5 heteroatoms. The highest BCUT2D eigenvalue weighted by Gasteiger charge is 2.03. The van der Waals surface area contributed by atoms with E-state index in [9.17, 15) is 9.59 Å². The summed E-state index contributed by atoms with van der Waals surface area (Å²) in [7, 11) is 0. The fraction of sp³-hybridized carbons (Fsp3) is 0.467. The lowest BCUT2D eigenvalue weighted by Gasteiger charge is -2.06. The summed E-state index contributed by atoms with van der Waals surface area (Å²) in [5.41, 5.74) is 7.09. The first-order valence-electron chi connectivity index (χ1n) is 6.82. The monoisotopic (exact) mass is 278 g/mol. The van der Waals surface area contributed by atoms with Gasteiger partial charge in [-0.1, -0.05) is 36.2 Å². The van der Waals surface area contributed by atoms with E-state index in [1.165, 1.54) is 0 Å². The van der Waals surface area contributed by atoms with E-state index in [0.717, 1.165) is 30.4 Å². The molecule has 1 rings (SSSR count). The minimum absolute atomic E-state index is 0.186. The second-order valence-corrected chi connectivity index (χ2v) is 4.75. The van der Waals surface area contributed by atoms with Gasteiger partial charge in [0, 0.05) is 13.0 Å². The van der Waals surface area contributed by atoms with Crippen molar-refractivity contribution in [3.8, 4) is 0 Å². The third-order valence-corrected chi connectivity index (χ3v) is 2.84. The number of urea groups is 1. The van der Waals surface area contributed by atoms with Crippen molar-refractivity contribution in [1.82, 2.24) is 5.32 Å². The molecule has 0 bridgehead atoms. The van der Waals surface area contributed by atoms with Crippen molar-refractivity contribution in [2.75, 3.05) is 6.54 Å². The molecule has 0 aliphatic rings. The van der Waals surface area contributed by atoms with Crippen molar-refractivity contribution < 1.29 is 14.3 Å². The van der Waals surface area contributed by atoms with Crippen LogP contribution in [0.15, 0.2) is 24.3 Å². The zero-order valence-electron chi connectivity index (χ0n) is 11.9. The van der Waals surface area contributed by atoms with E-state index < -0.39 is 6.03 Å². The van der Waals surface area contributed by atoms with Crippen molar-refractivity contribution in [3.05, 3.63) is 35.4 Å². The van der Waals surface area contributed by atoms with Gasteiger partial charge in [0.25, 0.3) is 0 Å². The Labute approximate surface area is 119 Å². The van der Waals surface area contributed by atoms with Crippen LogP contribution in [0.5, 0.6) is 0 Å². The van der Waals surface area contributed by atoms with Gasteiger partial charge in [-0.25, -0.2) is 4.79 Å². The van der Waals surface area contributed by atoms with Gasteiger partial charge in [-0.3, -0.25) is 4.79 Å². The number of amides is 2. The van der Waals surface area contributed by atoms with E-state index in [-0.39, 0.29) is 5.97 Å². The lowest BCUT2D eigenvalue weighted by molar-refractivity contribution is -0.145. The number of carbonyl (C=O) groups is 2. The number of primary amides is 1. The number of carbonyl (C=O) groups excluding carboxylic acids is 2. The minimum atomic E-state index is -0.512. The molecule has 3 N–H and O–H groups in total. The summed E-state index contributed by atoms with van der Waals surface area (Å²) in [6, 6.07) is 7.39. The van der Waals surface area contributed by atoms with Crippen LogP contribution >= 0.6 is 0 Å². The molecule has 0 fully saturated rings. The number of esters is 1. The maximum absolute atomic E-state index is 11.5. The van der Waals surface area contributed by atoms with Gasteiger partial charge in [-0.15, -0.1) is 0 Å². The highest BCUT2D eigenvalue weighted by atomic mass is 16.5. The normalized spacial score (nSPS) is 10.1. The molecule has 0 unspecified atom stereocenters. The van der Waals surface area contributed by atoms with E-state index in [2.05, 4.69) is 5.32 Å². The topological polar surface area (TPSA) is 81.4 Å². The molecule has 20 heavy (non-hydrogen) atoms. The summed E-state index contributed by atoms with van der Waals surface area (Å²) in [6.07, 6.45) is 2.84. The van der Waals surface area contributed by atoms with Crippen LogP contribution in [-0.2, 0) is 16.1 Å². The average molecular weight is 278 g/mol.